The van der Waals surface area contributed by atoms with Crippen molar-refractivity contribution in [2.24, 2.45) is 0 Å². The van der Waals surface area contributed by atoms with E-state index in [4.69, 9.17) is 9.47 Å². The molecule has 5 heteroatoms. The number of amides is 1. The number of carbonyl (C=O) groups excluding carboxylic acids is 1. The number of rotatable bonds is 4. The van der Waals surface area contributed by atoms with Crippen molar-refractivity contribution < 1.29 is 14.3 Å². The van der Waals surface area contributed by atoms with Gasteiger partial charge in [0.25, 0.3) is 0 Å². The Kier molecular flexibility index (Phi) is 8.27. The van der Waals surface area contributed by atoms with Gasteiger partial charge in [-0.2, -0.15) is 0 Å². The third-order valence-electron chi connectivity index (χ3n) is 2.18. The summed E-state index contributed by atoms with van der Waals surface area (Å²) >= 11 is 0. The zero-order chi connectivity index (χ0) is 11.6. The smallest absolute Gasteiger partial charge is 0.207 e. The average molecular weight is 218 g/mol. The molecule has 15 heavy (non-hydrogen) atoms. The SMILES string of the molecule is CC.COC1(CNC=O)CNCCOC1. The quantitative estimate of drug-likeness (QED) is 0.640. The minimum absolute atomic E-state index is 0.419. The van der Waals surface area contributed by atoms with Crippen molar-refractivity contribution in [3.63, 3.8) is 0 Å². The molecule has 1 aliphatic heterocycles. The molecule has 0 spiro atoms. The summed E-state index contributed by atoms with van der Waals surface area (Å²) in [5.41, 5.74) is -0.419. The molecule has 0 bridgehead atoms. The van der Waals surface area contributed by atoms with E-state index in [-0.39, 0.29) is 0 Å². The van der Waals surface area contributed by atoms with E-state index in [0.29, 0.717) is 32.7 Å². The first-order valence-electron chi connectivity index (χ1n) is 5.34. The van der Waals surface area contributed by atoms with Gasteiger partial charge in [-0.3, -0.25) is 4.79 Å². The van der Waals surface area contributed by atoms with Crippen LogP contribution in [0.1, 0.15) is 13.8 Å². The van der Waals surface area contributed by atoms with Crippen molar-refractivity contribution in [3.8, 4) is 0 Å². The minimum Gasteiger partial charge on any atom is -0.377 e. The largest absolute Gasteiger partial charge is 0.377 e. The van der Waals surface area contributed by atoms with Gasteiger partial charge in [-0.15, -0.1) is 0 Å². The highest BCUT2D eigenvalue weighted by molar-refractivity contribution is 5.46. The van der Waals surface area contributed by atoms with E-state index in [1.165, 1.54) is 0 Å². The third-order valence-corrected chi connectivity index (χ3v) is 2.18. The van der Waals surface area contributed by atoms with Crippen LogP contribution in [0.3, 0.4) is 0 Å². The molecule has 0 aromatic rings. The molecule has 1 amide bonds. The van der Waals surface area contributed by atoms with E-state index in [2.05, 4.69) is 10.6 Å². The van der Waals surface area contributed by atoms with Crippen LogP contribution in [0.25, 0.3) is 0 Å². The van der Waals surface area contributed by atoms with Crippen LogP contribution < -0.4 is 10.6 Å². The topological polar surface area (TPSA) is 59.6 Å². The number of carbonyl (C=O) groups is 1. The van der Waals surface area contributed by atoms with Gasteiger partial charge in [-0.05, 0) is 0 Å². The summed E-state index contributed by atoms with van der Waals surface area (Å²) in [5.74, 6) is 0. The highest BCUT2D eigenvalue weighted by Crippen LogP contribution is 2.10. The van der Waals surface area contributed by atoms with Crippen molar-refractivity contribution in [1.82, 2.24) is 10.6 Å². The van der Waals surface area contributed by atoms with Gasteiger partial charge in [0.2, 0.25) is 6.41 Å². The maximum Gasteiger partial charge on any atom is 0.207 e. The highest BCUT2D eigenvalue weighted by atomic mass is 16.5. The van der Waals surface area contributed by atoms with E-state index in [9.17, 15) is 4.79 Å². The molecular weight excluding hydrogens is 196 g/mol. The zero-order valence-electron chi connectivity index (χ0n) is 9.84. The maximum atomic E-state index is 10.2. The van der Waals surface area contributed by atoms with E-state index < -0.39 is 5.60 Å². The van der Waals surface area contributed by atoms with Crippen LogP contribution in [0.15, 0.2) is 0 Å². The van der Waals surface area contributed by atoms with Gasteiger partial charge in [0.1, 0.15) is 5.60 Å². The Morgan fingerprint density at radius 2 is 2.33 bits per heavy atom. The van der Waals surface area contributed by atoms with Crippen molar-refractivity contribution in [2.45, 2.75) is 19.4 Å². The lowest BCUT2D eigenvalue weighted by atomic mass is 10.1. The van der Waals surface area contributed by atoms with Crippen molar-refractivity contribution in [2.75, 3.05) is 40.0 Å². The number of hydrogen-bond acceptors (Lipinski definition) is 4. The number of hydrogen-bond donors (Lipinski definition) is 2. The molecule has 1 unspecified atom stereocenters. The van der Waals surface area contributed by atoms with Gasteiger partial charge in [0.05, 0.1) is 13.2 Å². The number of methoxy groups -OCH3 is 1. The van der Waals surface area contributed by atoms with Crippen LogP contribution in [0.4, 0.5) is 0 Å². The second-order valence-corrected chi connectivity index (χ2v) is 3.12. The van der Waals surface area contributed by atoms with Gasteiger partial charge in [-0.1, -0.05) is 13.8 Å². The zero-order valence-corrected chi connectivity index (χ0v) is 9.84. The van der Waals surface area contributed by atoms with Gasteiger partial charge in [0.15, 0.2) is 0 Å². The predicted octanol–water partition coefficient (Wildman–Crippen LogP) is -0.236. The van der Waals surface area contributed by atoms with Crippen LogP contribution in [-0.4, -0.2) is 52.0 Å². The fourth-order valence-corrected chi connectivity index (χ4v) is 1.31. The van der Waals surface area contributed by atoms with Crippen molar-refractivity contribution in [3.05, 3.63) is 0 Å². The summed E-state index contributed by atoms with van der Waals surface area (Å²) in [6, 6.07) is 0. The molecule has 2 N–H and O–H groups in total. The predicted molar refractivity (Wildman–Crippen MR) is 58.8 cm³/mol. The van der Waals surface area contributed by atoms with Gasteiger partial charge >= 0.3 is 0 Å². The number of nitrogens with one attached hydrogen (secondary N) is 2. The van der Waals surface area contributed by atoms with Crippen LogP contribution >= 0.6 is 0 Å². The Morgan fingerprint density at radius 3 is 2.93 bits per heavy atom. The third kappa shape index (κ3) is 5.11. The summed E-state index contributed by atoms with van der Waals surface area (Å²) < 4.78 is 10.7. The molecule has 1 rings (SSSR count). The second-order valence-electron chi connectivity index (χ2n) is 3.12. The van der Waals surface area contributed by atoms with Crippen LogP contribution in [0.2, 0.25) is 0 Å². The summed E-state index contributed by atoms with van der Waals surface area (Å²) in [6.07, 6.45) is 0.672. The molecule has 1 saturated heterocycles. The highest BCUT2D eigenvalue weighted by Gasteiger charge is 2.31. The lowest BCUT2D eigenvalue weighted by molar-refractivity contribution is -0.112. The summed E-state index contributed by atoms with van der Waals surface area (Å²) in [5, 5.41) is 5.80. The summed E-state index contributed by atoms with van der Waals surface area (Å²) in [7, 11) is 1.63. The lowest BCUT2D eigenvalue weighted by Crippen LogP contribution is -2.51. The molecule has 0 aromatic heterocycles. The molecule has 1 heterocycles. The second kappa shape index (κ2) is 8.64. The fourth-order valence-electron chi connectivity index (χ4n) is 1.31. The van der Waals surface area contributed by atoms with E-state index in [1.54, 1.807) is 7.11 Å². The molecule has 0 radical (unpaired) electrons. The van der Waals surface area contributed by atoms with Crippen molar-refractivity contribution >= 4 is 6.41 Å². The maximum absolute atomic E-state index is 10.2. The molecule has 1 aliphatic rings. The monoisotopic (exact) mass is 218 g/mol. The molecule has 0 saturated carbocycles. The van der Waals surface area contributed by atoms with Crippen LogP contribution in [0, 0.1) is 0 Å². The molecule has 90 valence electrons. The van der Waals surface area contributed by atoms with Crippen LogP contribution in [0.5, 0.6) is 0 Å². The number of ether oxygens (including phenoxy) is 2. The normalized spacial score (nSPS) is 25.8. The Hall–Kier alpha value is -0.650. The Bertz CT molecular complexity index is 157. The van der Waals surface area contributed by atoms with Crippen molar-refractivity contribution in [1.29, 1.82) is 0 Å². The molecule has 0 aromatic carbocycles. The Balaban J connectivity index is 0.000000921. The van der Waals surface area contributed by atoms with Gasteiger partial charge < -0.3 is 20.1 Å². The fraction of sp³-hybridized carbons (Fsp3) is 0.900. The molecular formula is C10H22N2O3. The lowest BCUT2D eigenvalue weighted by Gasteiger charge is -2.29. The molecule has 5 nitrogen and oxygen atoms in total. The first kappa shape index (κ1) is 14.3. The first-order valence-corrected chi connectivity index (χ1v) is 5.34. The average Bonchev–Trinajstić information content (AvgIpc) is 2.55. The Labute approximate surface area is 91.5 Å². The summed E-state index contributed by atoms with van der Waals surface area (Å²) in [6.45, 7) is 7.19. The van der Waals surface area contributed by atoms with E-state index in [0.717, 1.165) is 6.54 Å². The molecule has 1 atom stereocenters. The van der Waals surface area contributed by atoms with E-state index >= 15 is 0 Å². The van der Waals surface area contributed by atoms with E-state index in [1.807, 2.05) is 13.8 Å². The van der Waals surface area contributed by atoms with Gasteiger partial charge in [-0.25, -0.2) is 0 Å². The Morgan fingerprint density at radius 1 is 1.60 bits per heavy atom. The van der Waals surface area contributed by atoms with Crippen LogP contribution in [-0.2, 0) is 14.3 Å². The summed E-state index contributed by atoms with van der Waals surface area (Å²) in [4.78, 5) is 10.2. The molecule has 0 aliphatic carbocycles. The first-order chi connectivity index (χ1) is 7.33. The standard InChI is InChI=1S/C8H16N2O3.C2H6/c1-12-8(5-10-7-11)4-9-2-3-13-6-8;1-2/h7,9H,2-6H2,1H3,(H,10,11);1-2H3. The van der Waals surface area contributed by atoms with Gasteiger partial charge in [0, 0.05) is 26.7 Å². The minimum atomic E-state index is -0.419. The molecule has 1 fully saturated rings.